The van der Waals surface area contributed by atoms with E-state index in [1.807, 2.05) is 30.3 Å². The molecule has 2 aromatic rings. The van der Waals surface area contributed by atoms with E-state index in [1.54, 1.807) is 0 Å². The lowest BCUT2D eigenvalue weighted by molar-refractivity contribution is -0.121. The van der Waals surface area contributed by atoms with Gasteiger partial charge in [-0.2, -0.15) is 0 Å². The lowest BCUT2D eigenvalue weighted by Crippen LogP contribution is -2.28. The summed E-state index contributed by atoms with van der Waals surface area (Å²) < 4.78 is 2.26. The van der Waals surface area contributed by atoms with E-state index in [-0.39, 0.29) is 11.9 Å². The smallest absolute Gasteiger partial charge is 0.221 e. The van der Waals surface area contributed by atoms with Gasteiger partial charge in [-0.15, -0.1) is 10.2 Å². The summed E-state index contributed by atoms with van der Waals surface area (Å²) in [7, 11) is 0. The third kappa shape index (κ3) is 4.89. The van der Waals surface area contributed by atoms with Crippen LogP contribution in [0.1, 0.15) is 55.4 Å². The molecule has 0 bridgehead atoms. The number of rotatable bonds is 7. The van der Waals surface area contributed by atoms with Crippen molar-refractivity contribution in [1.82, 2.24) is 20.1 Å². The number of hydrogen-bond donors (Lipinski definition) is 2. The van der Waals surface area contributed by atoms with Crippen LogP contribution in [0.4, 0.5) is 0 Å². The molecule has 1 atom stereocenters. The van der Waals surface area contributed by atoms with E-state index in [2.05, 4.69) is 20.1 Å². The predicted molar refractivity (Wildman–Crippen MR) is 96.9 cm³/mol. The molecule has 1 amide bonds. The van der Waals surface area contributed by atoms with Crippen LogP contribution in [0.2, 0.25) is 0 Å². The number of aryl methyl sites for hydroxylation is 2. The van der Waals surface area contributed by atoms with Crippen molar-refractivity contribution >= 4 is 5.91 Å². The quantitative estimate of drug-likeness (QED) is 0.756. The lowest BCUT2D eigenvalue weighted by Gasteiger charge is -2.12. The van der Waals surface area contributed by atoms with Crippen LogP contribution in [-0.2, 0) is 24.2 Å². The lowest BCUT2D eigenvalue weighted by atomic mass is 10.0. The fourth-order valence-corrected chi connectivity index (χ4v) is 3.29. The van der Waals surface area contributed by atoms with Crippen LogP contribution in [0.5, 0.6) is 0 Å². The minimum absolute atomic E-state index is 0.00331. The zero-order valence-electron chi connectivity index (χ0n) is 14.7. The summed E-state index contributed by atoms with van der Waals surface area (Å²) in [6.45, 7) is 1.67. The SMILES string of the molecule is NC(CC(=O)NCCCc1nnc2n1CCCCC2)c1ccccc1. The van der Waals surface area contributed by atoms with E-state index in [1.165, 1.54) is 19.3 Å². The number of fused-ring (bicyclic) bond motifs is 1. The molecule has 6 nitrogen and oxygen atoms in total. The van der Waals surface area contributed by atoms with Gasteiger partial charge in [-0.1, -0.05) is 36.8 Å². The van der Waals surface area contributed by atoms with Gasteiger partial charge in [0.25, 0.3) is 0 Å². The van der Waals surface area contributed by atoms with E-state index in [0.29, 0.717) is 13.0 Å². The first kappa shape index (κ1) is 17.6. The summed E-state index contributed by atoms with van der Waals surface area (Å²) in [4.78, 5) is 12.0. The van der Waals surface area contributed by atoms with Crippen LogP contribution in [0.15, 0.2) is 30.3 Å². The molecule has 0 saturated heterocycles. The Kier molecular flexibility index (Phi) is 6.17. The molecule has 6 heteroatoms. The number of hydrogen-bond acceptors (Lipinski definition) is 4. The molecule has 3 rings (SSSR count). The number of carbonyl (C=O) groups is 1. The number of nitrogens with two attached hydrogens (primary N) is 1. The second-order valence-electron chi connectivity index (χ2n) is 6.67. The monoisotopic (exact) mass is 341 g/mol. The highest BCUT2D eigenvalue weighted by Crippen LogP contribution is 2.15. The first-order valence-corrected chi connectivity index (χ1v) is 9.22. The normalized spacial score (nSPS) is 15.2. The van der Waals surface area contributed by atoms with E-state index < -0.39 is 0 Å². The van der Waals surface area contributed by atoms with Crippen LogP contribution < -0.4 is 11.1 Å². The Labute approximate surface area is 148 Å². The molecule has 1 aliphatic heterocycles. The molecule has 0 fully saturated rings. The second-order valence-corrected chi connectivity index (χ2v) is 6.67. The first-order valence-electron chi connectivity index (χ1n) is 9.22. The second kappa shape index (κ2) is 8.76. The molecule has 1 aromatic carbocycles. The molecule has 0 radical (unpaired) electrons. The Bertz CT molecular complexity index is 682. The van der Waals surface area contributed by atoms with Crippen LogP contribution in [0, 0.1) is 0 Å². The van der Waals surface area contributed by atoms with Gasteiger partial charge in [0.2, 0.25) is 5.91 Å². The van der Waals surface area contributed by atoms with E-state index in [4.69, 9.17) is 5.73 Å². The van der Waals surface area contributed by atoms with Crippen LogP contribution in [0.25, 0.3) is 0 Å². The van der Waals surface area contributed by atoms with Crippen molar-refractivity contribution in [3.8, 4) is 0 Å². The van der Waals surface area contributed by atoms with Gasteiger partial charge >= 0.3 is 0 Å². The Morgan fingerprint density at radius 2 is 2.04 bits per heavy atom. The van der Waals surface area contributed by atoms with Crippen LogP contribution >= 0.6 is 0 Å². The van der Waals surface area contributed by atoms with Crippen molar-refractivity contribution in [3.05, 3.63) is 47.5 Å². The number of amides is 1. The molecule has 1 aliphatic rings. The molecular weight excluding hydrogens is 314 g/mol. The van der Waals surface area contributed by atoms with Gasteiger partial charge in [-0.3, -0.25) is 4.79 Å². The zero-order valence-corrected chi connectivity index (χ0v) is 14.7. The van der Waals surface area contributed by atoms with Crippen LogP contribution in [-0.4, -0.2) is 27.2 Å². The summed E-state index contributed by atoms with van der Waals surface area (Å²) in [6.07, 6.45) is 6.72. The Balaban J connectivity index is 1.40. The highest BCUT2D eigenvalue weighted by atomic mass is 16.1. The molecule has 1 unspecified atom stereocenters. The maximum atomic E-state index is 12.0. The number of nitrogens with zero attached hydrogens (tertiary/aromatic N) is 3. The molecule has 3 N–H and O–H groups in total. The van der Waals surface area contributed by atoms with E-state index >= 15 is 0 Å². The number of benzene rings is 1. The van der Waals surface area contributed by atoms with Crippen molar-refractivity contribution in [2.45, 2.75) is 57.5 Å². The van der Waals surface area contributed by atoms with Gasteiger partial charge in [0.05, 0.1) is 0 Å². The average molecular weight is 341 g/mol. The summed E-state index contributed by atoms with van der Waals surface area (Å²) in [5.41, 5.74) is 7.08. The highest BCUT2D eigenvalue weighted by molar-refractivity contribution is 5.76. The van der Waals surface area contributed by atoms with Gasteiger partial charge in [-0.05, 0) is 24.8 Å². The summed E-state index contributed by atoms with van der Waals surface area (Å²) >= 11 is 0. The summed E-state index contributed by atoms with van der Waals surface area (Å²) in [5.74, 6) is 2.16. The Hall–Kier alpha value is -2.21. The average Bonchev–Trinajstić information content (AvgIpc) is 2.86. The third-order valence-electron chi connectivity index (χ3n) is 4.72. The maximum absolute atomic E-state index is 12.0. The van der Waals surface area contributed by atoms with Crippen molar-refractivity contribution in [2.24, 2.45) is 5.73 Å². The fraction of sp³-hybridized carbons (Fsp3) is 0.526. The van der Waals surface area contributed by atoms with Gasteiger partial charge in [0.1, 0.15) is 11.6 Å². The van der Waals surface area contributed by atoms with Gasteiger partial charge in [0, 0.05) is 38.4 Å². The molecule has 0 spiro atoms. The molecule has 1 aromatic heterocycles. The number of nitrogens with one attached hydrogen (secondary N) is 1. The summed E-state index contributed by atoms with van der Waals surface area (Å²) in [6, 6.07) is 9.47. The van der Waals surface area contributed by atoms with Crippen molar-refractivity contribution in [2.75, 3.05) is 6.54 Å². The van der Waals surface area contributed by atoms with Crippen molar-refractivity contribution in [3.63, 3.8) is 0 Å². The van der Waals surface area contributed by atoms with Crippen molar-refractivity contribution in [1.29, 1.82) is 0 Å². The van der Waals surface area contributed by atoms with Crippen LogP contribution in [0.3, 0.4) is 0 Å². The highest BCUT2D eigenvalue weighted by Gasteiger charge is 2.14. The zero-order chi connectivity index (χ0) is 17.5. The Morgan fingerprint density at radius 3 is 2.88 bits per heavy atom. The molecule has 0 saturated carbocycles. The van der Waals surface area contributed by atoms with E-state index in [9.17, 15) is 4.79 Å². The largest absolute Gasteiger partial charge is 0.356 e. The summed E-state index contributed by atoms with van der Waals surface area (Å²) in [5, 5.41) is 11.6. The van der Waals surface area contributed by atoms with Gasteiger partial charge in [-0.25, -0.2) is 0 Å². The first-order chi connectivity index (χ1) is 12.2. The molecule has 2 heterocycles. The minimum Gasteiger partial charge on any atom is -0.356 e. The molecule has 0 aliphatic carbocycles. The molecule has 134 valence electrons. The standard InChI is InChI=1S/C19H27N5O/c20-16(15-8-3-1-4-9-15)14-19(25)21-12-7-11-18-23-22-17-10-5-2-6-13-24(17)18/h1,3-4,8-9,16H,2,5-7,10-14,20H2,(H,21,25). The fourth-order valence-electron chi connectivity index (χ4n) is 3.29. The molecular formula is C19H27N5O. The minimum atomic E-state index is -0.256. The third-order valence-corrected chi connectivity index (χ3v) is 4.72. The number of carbonyl (C=O) groups excluding carboxylic acids is 1. The van der Waals surface area contributed by atoms with Gasteiger partial charge < -0.3 is 15.6 Å². The topological polar surface area (TPSA) is 85.8 Å². The molecule has 25 heavy (non-hydrogen) atoms. The van der Waals surface area contributed by atoms with Gasteiger partial charge in [0.15, 0.2) is 0 Å². The maximum Gasteiger partial charge on any atom is 0.221 e. The number of aromatic nitrogens is 3. The van der Waals surface area contributed by atoms with Crippen molar-refractivity contribution < 1.29 is 4.79 Å². The Morgan fingerprint density at radius 1 is 1.20 bits per heavy atom. The van der Waals surface area contributed by atoms with E-state index in [0.717, 1.165) is 43.0 Å². The predicted octanol–water partition coefficient (Wildman–Crippen LogP) is 2.14.